The highest BCUT2D eigenvalue weighted by atomic mass is 31.1. The first-order valence-corrected chi connectivity index (χ1v) is 11.8. The lowest BCUT2D eigenvalue weighted by atomic mass is 9.85. The lowest BCUT2D eigenvalue weighted by molar-refractivity contribution is 0.144. The van der Waals surface area contributed by atoms with Crippen LogP contribution in [0.5, 0.6) is 0 Å². The van der Waals surface area contributed by atoms with E-state index in [0.29, 0.717) is 19.6 Å². The SMILES string of the molecule is CC(NC[C@@H](O)CC(C1CCCCC1)[PH](=O)O)c1cccc(N2C=CCO2)c1. The molecule has 1 fully saturated rings. The Morgan fingerprint density at radius 3 is 2.79 bits per heavy atom. The lowest BCUT2D eigenvalue weighted by Crippen LogP contribution is -2.33. The summed E-state index contributed by atoms with van der Waals surface area (Å²) < 4.78 is 11.9. The van der Waals surface area contributed by atoms with E-state index in [2.05, 4.69) is 18.3 Å². The number of hydrogen-bond donors (Lipinski definition) is 3. The highest BCUT2D eigenvalue weighted by molar-refractivity contribution is 7.38. The van der Waals surface area contributed by atoms with Crippen molar-refractivity contribution < 1.29 is 19.4 Å². The van der Waals surface area contributed by atoms with E-state index in [-0.39, 0.29) is 17.6 Å². The van der Waals surface area contributed by atoms with Crippen LogP contribution in [-0.4, -0.2) is 34.9 Å². The molecule has 0 aromatic heterocycles. The van der Waals surface area contributed by atoms with Gasteiger partial charge in [-0.25, -0.2) is 5.06 Å². The van der Waals surface area contributed by atoms with Gasteiger partial charge in [0.25, 0.3) is 0 Å². The Labute approximate surface area is 168 Å². The van der Waals surface area contributed by atoms with E-state index >= 15 is 0 Å². The van der Waals surface area contributed by atoms with Crippen molar-refractivity contribution >= 4 is 13.7 Å². The number of anilines is 1. The molecule has 1 aliphatic carbocycles. The molecule has 0 saturated heterocycles. The normalized spacial score (nSPS) is 22.2. The molecule has 0 radical (unpaired) electrons. The highest BCUT2D eigenvalue weighted by Crippen LogP contribution is 2.40. The Hall–Kier alpha value is -1.17. The molecule has 156 valence electrons. The maximum atomic E-state index is 11.9. The summed E-state index contributed by atoms with van der Waals surface area (Å²) in [5, 5.41) is 15.6. The van der Waals surface area contributed by atoms with Crippen LogP contribution in [0.3, 0.4) is 0 Å². The number of aliphatic hydroxyl groups is 1. The number of aliphatic hydroxyl groups excluding tert-OH is 1. The number of nitrogens with zero attached hydrogens (tertiary/aromatic N) is 1. The van der Waals surface area contributed by atoms with Crippen molar-refractivity contribution in [1.82, 2.24) is 5.32 Å². The molecule has 3 rings (SSSR count). The van der Waals surface area contributed by atoms with Gasteiger partial charge < -0.3 is 15.3 Å². The molecular weight excluding hydrogens is 375 g/mol. The first kappa shape index (κ1) is 21.5. The molecule has 0 spiro atoms. The van der Waals surface area contributed by atoms with E-state index in [1.165, 1.54) is 6.42 Å². The lowest BCUT2D eigenvalue weighted by Gasteiger charge is -2.30. The van der Waals surface area contributed by atoms with Gasteiger partial charge >= 0.3 is 0 Å². The molecule has 1 aromatic rings. The van der Waals surface area contributed by atoms with Crippen LogP contribution in [-0.2, 0) is 9.40 Å². The summed E-state index contributed by atoms with van der Waals surface area (Å²) in [6.07, 6.45) is 9.14. The van der Waals surface area contributed by atoms with Crippen molar-refractivity contribution in [3.05, 3.63) is 42.1 Å². The second-order valence-corrected chi connectivity index (χ2v) is 9.38. The summed E-state index contributed by atoms with van der Waals surface area (Å²) in [4.78, 5) is 15.3. The fraction of sp³-hybridized carbons (Fsp3) is 0.619. The number of hydroxylamine groups is 1. The first-order chi connectivity index (χ1) is 13.5. The minimum absolute atomic E-state index is 0.0560. The maximum absolute atomic E-state index is 11.9. The average Bonchev–Trinajstić information content (AvgIpc) is 3.25. The monoisotopic (exact) mass is 408 g/mol. The number of benzene rings is 1. The van der Waals surface area contributed by atoms with E-state index in [4.69, 9.17) is 4.84 Å². The summed E-state index contributed by atoms with van der Waals surface area (Å²) in [6.45, 7) is 3.05. The minimum atomic E-state index is -2.63. The molecule has 1 heterocycles. The van der Waals surface area contributed by atoms with Gasteiger partial charge in [-0.1, -0.05) is 31.4 Å². The van der Waals surface area contributed by atoms with Gasteiger partial charge in [-0.05, 0) is 55.9 Å². The number of nitrogens with one attached hydrogen (secondary N) is 1. The quantitative estimate of drug-likeness (QED) is 0.540. The van der Waals surface area contributed by atoms with E-state index in [1.807, 2.05) is 30.5 Å². The second-order valence-electron chi connectivity index (χ2n) is 7.96. The van der Waals surface area contributed by atoms with Crippen LogP contribution < -0.4 is 10.4 Å². The minimum Gasteiger partial charge on any atom is -0.392 e. The molecule has 28 heavy (non-hydrogen) atoms. The Balaban J connectivity index is 1.51. The summed E-state index contributed by atoms with van der Waals surface area (Å²) in [7, 11) is -2.63. The van der Waals surface area contributed by atoms with Crippen LogP contribution in [0.1, 0.15) is 57.1 Å². The van der Waals surface area contributed by atoms with Gasteiger partial charge in [-0.2, -0.15) is 0 Å². The second kappa shape index (κ2) is 10.6. The molecule has 4 atom stereocenters. The van der Waals surface area contributed by atoms with E-state index in [0.717, 1.165) is 36.9 Å². The highest BCUT2D eigenvalue weighted by Gasteiger charge is 2.29. The number of hydrogen-bond acceptors (Lipinski definition) is 5. The van der Waals surface area contributed by atoms with Crippen molar-refractivity contribution in [3.63, 3.8) is 0 Å². The van der Waals surface area contributed by atoms with Crippen LogP contribution in [0, 0.1) is 5.92 Å². The fourth-order valence-electron chi connectivity index (χ4n) is 4.24. The summed E-state index contributed by atoms with van der Waals surface area (Å²) >= 11 is 0. The van der Waals surface area contributed by atoms with E-state index in [9.17, 15) is 14.6 Å². The molecule has 0 bridgehead atoms. The van der Waals surface area contributed by atoms with Gasteiger partial charge in [0.15, 0.2) is 8.03 Å². The van der Waals surface area contributed by atoms with Crippen molar-refractivity contribution in [1.29, 1.82) is 0 Å². The molecule has 3 N–H and O–H groups in total. The van der Waals surface area contributed by atoms with E-state index < -0.39 is 14.1 Å². The van der Waals surface area contributed by atoms with Gasteiger partial charge in [-0.3, -0.25) is 9.40 Å². The molecule has 0 amide bonds. The topological polar surface area (TPSA) is 82.0 Å². The average molecular weight is 408 g/mol. The summed E-state index contributed by atoms with van der Waals surface area (Å²) in [5.74, 6) is 0.280. The van der Waals surface area contributed by atoms with Gasteiger partial charge in [0.05, 0.1) is 18.4 Å². The largest absolute Gasteiger partial charge is 0.392 e. The Morgan fingerprint density at radius 1 is 1.32 bits per heavy atom. The van der Waals surface area contributed by atoms with Crippen LogP contribution in [0.25, 0.3) is 0 Å². The van der Waals surface area contributed by atoms with Crippen molar-refractivity contribution in [2.45, 2.75) is 63.3 Å². The molecule has 3 unspecified atom stereocenters. The predicted octanol–water partition coefficient (Wildman–Crippen LogP) is 3.77. The van der Waals surface area contributed by atoms with Crippen molar-refractivity contribution in [3.8, 4) is 0 Å². The molecule has 1 aromatic carbocycles. The number of rotatable bonds is 9. The Morgan fingerprint density at radius 2 is 2.11 bits per heavy atom. The fourth-order valence-corrected chi connectivity index (χ4v) is 5.45. The third-order valence-electron chi connectivity index (χ3n) is 5.90. The third-order valence-corrected chi connectivity index (χ3v) is 7.24. The van der Waals surface area contributed by atoms with E-state index in [1.54, 1.807) is 5.06 Å². The van der Waals surface area contributed by atoms with Crippen LogP contribution in [0.2, 0.25) is 0 Å². The zero-order chi connectivity index (χ0) is 19.9. The summed E-state index contributed by atoms with van der Waals surface area (Å²) in [6, 6.07) is 8.16. The standard InChI is InChI=1S/C21H33N2O4P/c1-16(18-9-5-10-19(13-18)23-11-6-12-27-23)22-15-20(24)14-21(28(25)26)17-7-3-2-4-8-17/h5-6,9-11,13,16-17,20-22,24,28H,2-4,7-8,12,14-15H2,1H3,(H,25,26)/t16?,20-,21?/m0/s1. The van der Waals surface area contributed by atoms with Gasteiger partial charge in [0.2, 0.25) is 0 Å². The Kier molecular flexibility index (Phi) is 8.12. The summed E-state index contributed by atoms with van der Waals surface area (Å²) in [5.41, 5.74) is 1.81. The zero-order valence-electron chi connectivity index (χ0n) is 16.6. The van der Waals surface area contributed by atoms with Gasteiger partial charge in [-0.15, -0.1) is 0 Å². The zero-order valence-corrected chi connectivity index (χ0v) is 17.6. The molecule has 2 aliphatic rings. The predicted molar refractivity (Wildman–Crippen MR) is 113 cm³/mol. The Bertz CT molecular complexity index is 678. The molecular formula is C21H33N2O4P. The van der Waals surface area contributed by atoms with Crippen molar-refractivity contribution in [2.75, 3.05) is 18.2 Å². The van der Waals surface area contributed by atoms with Crippen LogP contribution in [0.15, 0.2) is 36.5 Å². The van der Waals surface area contributed by atoms with Crippen LogP contribution in [0.4, 0.5) is 5.69 Å². The van der Waals surface area contributed by atoms with Gasteiger partial charge in [0.1, 0.15) is 0 Å². The smallest absolute Gasteiger partial charge is 0.192 e. The molecule has 6 nitrogen and oxygen atoms in total. The molecule has 7 heteroatoms. The first-order valence-electron chi connectivity index (χ1n) is 10.4. The molecule has 1 saturated carbocycles. The van der Waals surface area contributed by atoms with Crippen LogP contribution >= 0.6 is 8.03 Å². The third kappa shape index (κ3) is 5.91. The van der Waals surface area contributed by atoms with Crippen molar-refractivity contribution in [2.24, 2.45) is 5.92 Å². The maximum Gasteiger partial charge on any atom is 0.192 e. The van der Waals surface area contributed by atoms with Gasteiger partial charge in [0, 0.05) is 24.4 Å². The molecule has 1 aliphatic heterocycles.